The third-order valence-electron chi connectivity index (χ3n) is 7.06. The molecule has 0 amide bonds. The van der Waals surface area contributed by atoms with Gasteiger partial charge in [-0.05, 0) is 37.0 Å². The fraction of sp³-hybridized carbons (Fsp3) is 0.606. The van der Waals surface area contributed by atoms with Gasteiger partial charge >= 0.3 is 5.97 Å². The molecule has 0 bridgehead atoms. The van der Waals surface area contributed by atoms with E-state index in [1.807, 2.05) is 25.1 Å². The molecule has 0 spiro atoms. The molecule has 4 nitrogen and oxygen atoms in total. The maximum atomic E-state index is 12.9. The molecule has 2 unspecified atom stereocenters. The van der Waals surface area contributed by atoms with Crippen molar-refractivity contribution in [3.8, 4) is 5.75 Å². The smallest absolute Gasteiger partial charge is 0.311 e. The summed E-state index contributed by atoms with van der Waals surface area (Å²) in [7, 11) is 4.43. The van der Waals surface area contributed by atoms with Crippen LogP contribution in [0.15, 0.2) is 54.6 Å². The minimum atomic E-state index is -0.541. The van der Waals surface area contributed by atoms with Crippen LogP contribution >= 0.6 is 0 Å². The standard InChI is InChI=1S/C33H52NO3/c1-6-8-9-10-11-12-14-18-29-21-23-31(24-22-29)36-32(17-7-2)37-33(35)28(3)25-26-34(4,5)27-30-19-15-13-16-20-30/h13,15-16,19-24,28,32H,6-12,14,17-18,25-27H2,1-5H3/q+1. The Kier molecular flexibility index (Phi) is 14.4. The predicted octanol–water partition coefficient (Wildman–Crippen LogP) is 8.33. The van der Waals surface area contributed by atoms with Crippen LogP contribution in [0.4, 0.5) is 0 Å². The molecule has 0 saturated carbocycles. The van der Waals surface area contributed by atoms with Crippen molar-refractivity contribution >= 4 is 5.97 Å². The van der Waals surface area contributed by atoms with Crippen molar-refractivity contribution in [1.29, 1.82) is 0 Å². The molecule has 0 saturated heterocycles. The minimum absolute atomic E-state index is 0.166. The van der Waals surface area contributed by atoms with Gasteiger partial charge in [-0.2, -0.15) is 0 Å². The van der Waals surface area contributed by atoms with Crippen molar-refractivity contribution in [3.05, 3.63) is 65.7 Å². The Balaban J connectivity index is 1.76. The van der Waals surface area contributed by atoms with Crippen LogP contribution in [0.2, 0.25) is 0 Å². The highest BCUT2D eigenvalue weighted by atomic mass is 16.7. The fourth-order valence-electron chi connectivity index (χ4n) is 4.61. The van der Waals surface area contributed by atoms with Crippen molar-refractivity contribution in [2.45, 2.75) is 104 Å². The number of carbonyl (C=O) groups is 1. The lowest BCUT2D eigenvalue weighted by atomic mass is 10.0. The van der Waals surface area contributed by atoms with Gasteiger partial charge in [-0.1, -0.05) is 102 Å². The highest BCUT2D eigenvalue weighted by molar-refractivity contribution is 5.72. The monoisotopic (exact) mass is 510 g/mol. The van der Waals surface area contributed by atoms with Crippen LogP contribution in [0.1, 0.15) is 96.1 Å². The maximum Gasteiger partial charge on any atom is 0.311 e. The highest BCUT2D eigenvalue weighted by Gasteiger charge is 2.24. The normalized spacial score (nSPS) is 13.2. The first-order valence-corrected chi connectivity index (χ1v) is 14.6. The van der Waals surface area contributed by atoms with Gasteiger partial charge in [-0.15, -0.1) is 0 Å². The molecule has 0 aliphatic rings. The SMILES string of the molecule is CCCCCCCCCc1ccc(OC(CCC)OC(=O)C(C)CC[N+](C)(C)Cc2ccccc2)cc1. The van der Waals surface area contributed by atoms with Gasteiger partial charge < -0.3 is 14.0 Å². The summed E-state index contributed by atoms with van der Waals surface area (Å²) < 4.78 is 12.7. The molecule has 0 heterocycles. The summed E-state index contributed by atoms with van der Waals surface area (Å²) in [5, 5.41) is 0. The summed E-state index contributed by atoms with van der Waals surface area (Å²) in [5.74, 6) is 0.428. The second kappa shape index (κ2) is 17.2. The number of aryl methyl sites for hydroxylation is 1. The number of hydrogen-bond donors (Lipinski definition) is 0. The van der Waals surface area contributed by atoms with Gasteiger partial charge in [0.2, 0.25) is 6.29 Å². The van der Waals surface area contributed by atoms with Crippen molar-refractivity contribution < 1.29 is 18.8 Å². The van der Waals surface area contributed by atoms with Crippen LogP contribution in [-0.4, -0.2) is 37.4 Å². The van der Waals surface area contributed by atoms with E-state index in [1.165, 1.54) is 56.1 Å². The van der Waals surface area contributed by atoms with Crippen molar-refractivity contribution in [2.24, 2.45) is 5.92 Å². The zero-order valence-corrected chi connectivity index (χ0v) is 24.2. The molecule has 0 aliphatic heterocycles. The number of benzene rings is 2. The zero-order valence-electron chi connectivity index (χ0n) is 24.2. The molecular weight excluding hydrogens is 458 g/mol. The second-order valence-electron chi connectivity index (χ2n) is 11.3. The number of unbranched alkanes of at least 4 members (excludes halogenated alkanes) is 6. The van der Waals surface area contributed by atoms with Crippen molar-refractivity contribution in [2.75, 3.05) is 20.6 Å². The van der Waals surface area contributed by atoms with E-state index in [1.54, 1.807) is 0 Å². The van der Waals surface area contributed by atoms with Gasteiger partial charge in [0, 0.05) is 18.4 Å². The van der Waals surface area contributed by atoms with Crippen molar-refractivity contribution in [1.82, 2.24) is 0 Å². The number of quaternary nitrogens is 1. The van der Waals surface area contributed by atoms with E-state index in [0.717, 1.165) is 42.6 Å². The van der Waals surface area contributed by atoms with Gasteiger partial charge in [0.1, 0.15) is 12.3 Å². The topological polar surface area (TPSA) is 35.5 Å². The number of esters is 1. The largest absolute Gasteiger partial charge is 0.455 e. The molecule has 2 atom stereocenters. The van der Waals surface area contributed by atoms with E-state index in [4.69, 9.17) is 9.47 Å². The number of carbonyl (C=O) groups excluding carboxylic acids is 1. The third kappa shape index (κ3) is 13.2. The molecule has 2 aromatic carbocycles. The van der Waals surface area contributed by atoms with Crippen LogP contribution < -0.4 is 4.74 Å². The number of nitrogens with zero attached hydrogens (tertiary/aromatic N) is 1. The fourth-order valence-corrected chi connectivity index (χ4v) is 4.61. The Hall–Kier alpha value is -2.33. The minimum Gasteiger partial charge on any atom is -0.455 e. The summed E-state index contributed by atoms with van der Waals surface area (Å²) in [6.45, 7) is 8.16. The van der Waals surface area contributed by atoms with Gasteiger partial charge in [-0.3, -0.25) is 4.79 Å². The van der Waals surface area contributed by atoms with Crippen LogP contribution in [-0.2, 0) is 22.5 Å². The molecule has 0 N–H and O–H groups in total. The lowest BCUT2D eigenvalue weighted by molar-refractivity contribution is -0.904. The van der Waals surface area contributed by atoms with E-state index in [2.05, 4.69) is 64.3 Å². The molecule has 0 aromatic heterocycles. The second-order valence-corrected chi connectivity index (χ2v) is 11.3. The molecular formula is C33H52NO3+. The third-order valence-corrected chi connectivity index (χ3v) is 7.06. The summed E-state index contributed by atoms with van der Waals surface area (Å²) in [6, 6.07) is 18.8. The quantitative estimate of drug-likeness (QED) is 0.0824. The molecule has 0 fully saturated rings. The molecule has 206 valence electrons. The van der Waals surface area contributed by atoms with Gasteiger partial charge in [0.05, 0.1) is 26.6 Å². The average molecular weight is 511 g/mol. The highest BCUT2D eigenvalue weighted by Crippen LogP contribution is 2.20. The molecule has 0 aliphatic carbocycles. The summed E-state index contributed by atoms with van der Waals surface area (Å²) in [6.07, 6.45) is 12.2. The number of rotatable bonds is 19. The first-order valence-electron chi connectivity index (χ1n) is 14.6. The lowest BCUT2D eigenvalue weighted by Crippen LogP contribution is -2.41. The van der Waals surface area contributed by atoms with Crippen LogP contribution in [0.25, 0.3) is 0 Å². The van der Waals surface area contributed by atoms with Gasteiger partial charge in [0.15, 0.2) is 0 Å². The molecule has 37 heavy (non-hydrogen) atoms. The molecule has 2 aromatic rings. The molecule has 4 heteroatoms. The van der Waals surface area contributed by atoms with Crippen molar-refractivity contribution in [3.63, 3.8) is 0 Å². The Labute approximate surface area is 227 Å². The Morgan fingerprint density at radius 2 is 1.43 bits per heavy atom. The zero-order chi connectivity index (χ0) is 26.9. The van der Waals surface area contributed by atoms with E-state index in [0.29, 0.717) is 6.42 Å². The van der Waals surface area contributed by atoms with Gasteiger partial charge in [-0.25, -0.2) is 0 Å². The Morgan fingerprint density at radius 1 is 0.784 bits per heavy atom. The van der Waals surface area contributed by atoms with Gasteiger partial charge in [0.25, 0.3) is 0 Å². The average Bonchev–Trinajstić information content (AvgIpc) is 2.88. The Bertz CT molecular complexity index is 863. The van der Waals surface area contributed by atoms with E-state index >= 15 is 0 Å². The van der Waals surface area contributed by atoms with Crippen LogP contribution in [0.5, 0.6) is 5.75 Å². The Morgan fingerprint density at radius 3 is 2.08 bits per heavy atom. The van der Waals surface area contributed by atoms with Crippen LogP contribution in [0, 0.1) is 5.92 Å². The first-order chi connectivity index (χ1) is 17.8. The number of ether oxygens (including phenoxy) is 2. The van der Waals surface area contributed by atoms with E-state index in [-0.39, 0.29) is 11.9 Å². The summed E-state index contributed by atoms with van der Waals surface area (Å²) in [5.41, 5.74) is 2.65. The van der Waals surface area contributed by atoms with E-state index in [9.17, 15) is 4.79 Å². The molecule has 0 radical (unpaired) electrons. The molecule has 2 rings (SSSR count). The maximum absolute atomic E-state index is 12.9. The summed E-state index contributed by atoms with van der Waals surface area (Å²) >= 11 is 0. The first kappa shape index (κ1) is 30.9. The number of hydrogen-bond acceptors (Lipinski definition) is 3. The van der Waals surface area contributed by atoms with Crippen LogP contribution in [0.3, 0.4) is 0 Å². The summed E-state index contributed by atoms with van der Waals surface area (Å²) in [4.78, 5) is 12.9. The predicted molar refractivity (Wildman–Crippen MR) is 154 cm³/mol. The van der Waals surface area contributed by atoms with E-state index < -0.39 is 6.29 Å². The lowest BCUT2D eigenvalue weighted by Gasteiger charge is -2.31.